The molecule has 4 rings (SSSR count). The Labute approximate surface area is 191 Å². The fourth-order valence-electron chi connectivity index (χ4n) is 3.03. The molecule has 34 heavy (non-hydrogen) atoms. The van der Waals surface area contributed by atoms with E-state index >= 15 is 0 Å². The summed E-state index contributed by atoms with van der Waals surface area (Å²) in [6.45, 7) is 0. The fraction of sp³-hybridized carbons (Fsp3) is 0.130. The van der Waals surface area contributed by atoms with Gasteiger partial charge in [-0.05, 0) is 48.0 Å². The number of fused-ring (bicyclic) bond motifs is 1. The van der Waals surface area contributed by atoms with Crippen molar-refractivity contribution in [3.8, 4) is 11.5 Å². The molecule has 1 aliphatic heterocycles. The lowest BCUT2D eigenvalue weighted by molar-refractivity contribution is -0.192. The van der Waals surface area contributed by atoms with Crippen LogP contribution in [0.3, 0.4) is 0 Å². The Kier molecular flexibility index (Phi) is 7.46. The molecule has 1 aromatic heterocycles. The van der Waals surface area contributed by atoms with Crippen LogP contribution >= 0.6 is 0 Å². The van der Waals surface area contributed by atoms with Crippen LogP contribution < -0.4 is 15.4 Å². The first-order valence-electron chi connectivity index (χ1n) is 9.81. The van der Waals surface area contributed by atoms with Crippen LogP contribution in [0.15, 0.2) is 73.1 Å². The van der Waals surface area contributed by atoms with Crippen LogP contribution in [-0.2, 0) is 9.59 Å². The van der Waals surface area contributed by atoms with E-state index in [9.17, 15) is 22.8 Å². The third kappa shape index (κ3) is 6.55. The fourth-order valence-corrected chi connectivity index (χ4v) is 3.03. The summed E-state index contributed by atoms with van der Waals surface area (Å²) in [6, 6.07) is 17.7. The number of alkyl halides is 3. The number of rotatable bonds is 5. The number of carbonyl (C=O) groups excluding carboxylic acids is 2. The van der Waals surface area contributed by atoms with E-state index in [0.717, 1.165) is 5.56 Å². The number of benzene rings is 2. The first-order valence-corrected chi connectivity index (χ1v) is 9.81. The quantitative estimate of drug-likeness (QED) is 0.508. The van der Waals surface area contributed by atoms with E-state index in [2.05, 4.69) is 15.6 Å². The number of hydrogen-bond donors (Lipinski definition) is 3. The van der Waals surface area contributed by atoms with Crippen molar-refractivity contribution in [2.45, 2.75) is 18.6 Å². The predicted octanol–water partition coefficient (Wildman–Crippen LogP) is 4.32. The Hall–Kier alpha value is -4.41. The highest BCUT2D eigenvalue weighted by Crippen LogP contribution is 2.28. The lowest BCUT2D eigenvalue weighted by atomic mass is 10.0. The van der Waals surface area contributed by atoms with Gasteiger partial charge in [0, 0.05) is 17.4 Å². The number of halogens is 3. The van der Waals surface area contributed by atoms with Gasteiger partial charge in [0.2, 0.25) is 5.91 Å². The minimum atomic E-state index is -5.08. The Bertz CT molecular complexity index is 1170. The van der Waals surface area contributed by atoms with Gasteiger partial charge in [-0.1, -0.05) is 18.2 Å². The number of carbonyl (C=O) groups is 3. The number of carboxylic acids is 1. The smallest absolute Gasteiger partial charge is 0.475 e. The van der Waals surface area contributed by atoms with Gasteiger partial charge in [-0.25, -0.2) is 4.79 Å². The zero-order chi connectivity index (χ0) is 24.7. The Morgan fingerprint density at radius 1 is 1.03 bits per heavy atom. The van der Waals surface area contributed by atoms with Crippen molar-refractivity contribution in [2.24, 2.45) is 0 Å². The molecule has 2 aromatic carbocycles. The standard InChI is InChI=1S/C21H17N3O3.C2HF3O2/c25-20(12-19-17-5-1-2-6-18(17)21(26)24-19)23-14-7-9-15(10-8-14)27-16-4-3-11-22-13-16;3-2(4,5)1(6)7/h1-11,13,19H,12H2,(H,23,25)(H,24,26);(H,6,7). The SMILES string of the molecule is O=C(CC1NC(=O)c2ccccc21)Nc1ccc(Oc2cccnc2)cc1.O=C(O)C(F)(F)F. The second-order valence-corrected chi connectivity index (χ2v) is 6.98. The van der Waals surface area contributed by atoms with Gasteiger partial charge in [-0.15, -0.1) is 0 Å². The minimum absolute atomic E-state index is 0.139. The van der Waals surface area contributed by atoms with E-state index in [1.807, 2.05) is 24.3 Å². The lowest BCUT2D eigenvalue weighted by Gasteiger charge is -2.12. The Morgan fingerprint density at radius 3 is 2.32 bits per heavy atom. The van der Waals surface area contributed by atoms with Gasteiger partial charge in [-0.2, -0.15) is 13.2 Å². The van der Waals surface area contributed by atoms with E-state index in [4.69, 9.17) is 14.6 Å². The molecule has 3 N–H and O–H groups in total. The number of aliphatic carboxylic acids is 1. The number of pyridine rings is 1. The van der Waals surface area contributed by atoms with Crippen LogP contribution in [0, 0.1) is 0 Å². The van der Waals surface area contributed by atoms with Gasteiger partial charge in [0.1, 0.15) is 11.5 Å². The van der Waals surface area contributed by atoms with E-state index in [-0.39, 0.29) is 24.3 Å². The maximum absolute atomic E-state index is 12.4. The number of hydrogen-bond acceptors (Lipinski definition) is 5. The zero-order valence-electron chi connectivity index (χ0n) is 17.4. The van der Waals surface area contributed by atoms with Gasteiger partial charge in [0.05, 0.1) is 18.7 Å². The number of anilines is 1. The monoisotopic (exact) mass is 473 g/mol. The first-order chi connectivity index (χ1) is 16.1. The summed E-state index contributed by atoms with van der Waals surface area (Å²) in [5.74, 6) is -1.77. The van der Waals surface area contributed by atoms with Crippen molar-refractivity contribution in [1.82, 2.24) is 10.3 Å². The van der Waals surface area contributed by atoms with Crippen LogP contribution in [0.4, 0.5) is 18.9 Å². The summed E-state index contributed by atoms with van der Waals surface area (Å²) in [4.78, 5) is 37.2. The highest BCUT2D eigenvalue weighted by Gasteiger charge is 2.38. The maximum Gasteiger partial charge on any atom is 0.490 e. The highest BCUT2D eigenvalue weighted by atomic mass is 19.4. The molecule has 176 valence electrons. The molecule has 8 nitrogen and oxygen atoms in total. The Balaban J connectivity index is 0.000000406. The molecule has 2 amide bonds. The number of amides is 2. The van der Waals surface area contributed by atoms with Crippen molar-refractivity contribution in [3.63, 3.8) is 0 Å². The average molecular weight is 473 g/mol. The molecule has 1 unspecified atom stereocenters. The molecule has 0 bridgehead atoms. The molecule has 11 heteroatoms. The number of nitrogens with one attached hydrogen (secondary N) is 2. The summed E-state index contributed by atoms with van der Waals surface area (Å²) in [5.41, 5.74) is 2.15. The number of aromatic nitrogens is 1. The van der Waals surface area contributed by atoms with Crippen molar-refractivity contribution in [1.29, 1.82) is 0 Å². The van der Waals surface area contributed by atoms with Crippen molar-refractivity contribution in [2.75, 3.05) is 5.32 Å². The molecule has 0 aliphatic carbocycles. The van der Waals surface area contributed by atoms with Gasteiger partial charge in [0.25, 0.3) is 5.91 Å². The summed E-state index contributed by atoms with van der Waals surface area (Å²) in [5, 5.41) is 12.8. The number of nitrogens with zero attached hydrogens (tertiary/aromatic N) is 1. The number of carboxylic acid groups (broad SMARTS) is 1. The van der Waals surface area contributed by atoms with Crippen molar-refractivity contribution in [3.05, 3.63) is 84.2 Å². The van der Waals surface area contributed by atoms with Gasteiger partial charge in [-0.3, -0.25) is 14.6 Å². The highest BCUT2D eigenvalue weighted by molar-refractivity contribution is 6.00. The van der Waals surface area contributed by atoms with E-state index < -0.39 is 12.1 Å². The van der Waals surface area contributed by atoms with Crippen LogP contribution in [-0.4, -0.2) is 34.1 Å². The largest absolute Gasteiger partial charge is 0.490 e. The lowest BCUT2D eigenvalue weighted by Crippen LogP contribution is -2.24. The molecule has 0 spiro atoms. The van der Waals surface area contributed by atoms with Crippen LogP contribution in [0.5, 0.6) is 11.5 Å². The average Bonchev–Trinajstić information content (AvgIpc) is 3.11. The molecule has 1 aliphatic rings. The molecular formula is C23H18F3N3O5. The van der Waals surface area contributed by atoms with Gasteiger partial charge >= 0.3 is 12.1 Å². The predicted molar refractivity (Wildman–Crippen MR) is 114 cm³/mol. The van der Waals surface area contributed by atoms with Gasteiger partial charge < -0.3 is 20.5 Å². The summed E-state index contributed by atoms with van der Waals surface area (Å²) < 4.78 is 37.4. The minimum Gasteiger partial charge on any atom is -0.475 e. The molecule has 0 saturated carbocycles. The maximum atomic E-state index is 12.4. The summed E-state index contributed by atoms with van der Waals surface area (Å²) >= 11 is 0. The second-order valence-electron chi connectivity index (χ2n) is 6.98. The van der Waals surface area contributed by atoms with Crippen LogP contribution in [0.25, 0.3) is 0 Å². The second kappa shape index (κ2) is 10.5. The molecular weight excluding hydrogens is 455 g/mol. The van der Waals surface area contributed by atoms with E-state index in [0.29, 0.717) is 22.7 Å². The molecule has 0 radical (unpaired) electrons. The van der Waals surface area contributed by atoms with E-state index in [1.54, 1.807) is 48.8 Å². The van der Waals surface area contributed by atoms with Gasteiger partial charge in [0.15, 0.2) is 0 Å². The van der Waals surface area contributed by atoms with Crippen molar-refractivity contribution >= 4 is 23.5 Å². The molecule has 3 aromatic rings. The summed E-state index contributed by atoms with van der Waals surface area (Å²) in [7, 11) is 0. The van der Waals surface area contributed by atoms with E-state index in [1.165, 1.54) is 0 Å². The molecule has 0 saturated heterocycles. The topological polar surface area (TPSA) is 118 Å². The summed E-state index contributed by atoms with van der Waals surface area (Å²) in [6.07, 6.45) is -1.60. The van der Waals surface area contributed by atoms with Crippen LogP contribution in [0.2, 0.25) is 0 Å². The Morgan fingerprint density at radius 2 is 1.71 bits per heavy atom. The number of ether oxygens (including phenoxy) is 1. The molecule has 1 atom stereocenters. The third-order valence-electron chi connectivity index (χ3n) is 4.53. The molecule has 0 fully saturated rings. The first kappa shape index (κ1) is 24.2. The molecule has 2 heterocycles. The zero-order valence-corrected chi connectivity index (χ0v) is 17.4. The third-order valence-corrected chi connectivity index (χ3v) is 4.53. The normalized spacial score (nSPS) is 14.2. The van der Waals surface area contributed by atoms with Crippen LogP contribution in [0.1, 0.15) is 28.4 Å². The van der Waals surface area contributed by atoms with Crippen molar-refractivity contribution < 1.29 is 37.4 Å².